The molecule has 1 N–H and O–H groups in total. The summed E-state index contributed by atoms with van der Waals surface area (Å²) in [5.41, 5.74) is -0.185. The van der Waals surface area contributed by atoms with Crippen LogP contribution in [-0.2, 0) is 9.53 Å². The van der Waals surface area contributed by atoms with Crippen LogP contribution >= 0.6 is 0 Å². The summed E-state index contributed by atoms with van der Waals surface area (Å²) in [4.78, 5) is 48.4. The highest BCUT2D eigenvalue weighted by Crippen LogP contribution is 2.32. The molecule has 1 saturated heterocycles. The molecule has 1 amide bonds. The van der Waals surface area contributed by atoms with Gasteiger partial charge in [0, 0.05) is 25.2 Å². The number of nitro benzene ring substituents is 2. The first-order valence-corrected chi connectivity index (χ1v) is 10.5. The molecule has 0 saturated carbocycles. The first-order chi connectivity index (χ1) is 15.7. The number of hydrogen-bond acceptors (Lipinski definition) is 8. The Hall–Kier alpha value is -4.02. The fourth-order valence-corrected chi connectivity index (χ4v) is 3.73. The van der Waals surface area contributed by atoms with Crippen molar-refractivity contribution in [3.63, 3.8) is 0 Å². The van der Waals surface area contributed by atoms with E-state index in [1.165, 1.54) is 43.3 Å². The Kier molecular flexibility index (Phi) is 7.21. The second-order valence-electron chi connectivity index (χ2n) is 7.97. The predicted octanol–water partition coefficient (Wildman–Crippen LogP) is 3.92. The van der Waals surface area contributed by atoms with Gasteiger partial charge < -0.3 is 15.0 Å². The minimum atomic E-state index is -1.29. The highest BCUT2D eigenvalue weighted by Gasteiger charge is 2.27. The van der Waals surface area contributed by atoms with Crippen molar-refractivity contribution in [3.8, 4) is 0 Å². The second kappa shape index (κ2) is 10.1. The number of nitrogens with zero attached hydrogens (tertiary/aromatic N) is 3. The van der Waals surface area contributed by atoms with Gasteiger partial charge in [-0.1, -0.05) is 19.1 Å². The molecule has 3 rings (SSSR count). The molecule has 2 unspecified atom stereocenters. The maximum absolute atomic E-state index is 12.6. The lowest BCUT2D eigenvalue weighted by Gasteiger charge is -2.32. The third-order valence-electron chi connectivity index (χ3n) is 5.42. The molecule has 11 nitrogen and oxygen atoms in total. The van der Waals surface area contributed by atoms with E-state index in [-0.39, 0.29) is 22.6 Å². The van der Waals surface area contributed by atoms with Crippen LogP contribution in [0.25, 0.3) is 0 Å². The van der Waals surface area contributed by atoms with Crippen molar-refractivity contribution in [3.05, 3.63) is 68.3 Å². The van der Waals surface area contributed by atoms with Crippen LogP contribution in [0.4, 0.5) is 22.7 Å². The summed E-state index contributed by atoms with van der Waals surface area (Å²) in [5, 5.41) is 25.1. The minimum absolute atomic E-state index is 0.0360. The Bertz CT molecular complexity index is 1090. The smallest absolute Gasteiger partial charge is 0.339 e. The van der Waals surface area contributed by atoms with E-state index in [0.717, 1.165) is 18.9 Å². The Balaban J connectivity index is 1.73. The third-order valence-corrected chi connectivity index (χ3v) is 5.42. The van der Waals surface area contributed by atoms with Gasteiger partial charge >= 0.3 is 5.97 Å². The van der Waals surface area contributed by atoms with Gasteiger partial charge in [-0.15, -0.1) is 0 Å². The Morgan fingerprint density at radius 3 is 2.48 bits per heavy atom. The van der Waals surface area contributed by atoms with Gasteiger partial charge in [0.25, 0.3) is 17.3 Å². The van der Waals surface area contributed by atoms with E-state index < -0.39 is 27.8 Å². The van der Waals surface area contributed by atoms with Gasteiger partial charge in [0.2, 0.25) is 0 Å². The molecule has 0 spiro atoms. The quantitative estimate of drug-likeness (QED) is 0.375. The average Bonchev–Trinajstić information content (AvgIpc) is 2.78. The summed E-state index contributed by atoms with van der Waals surface area (Å²) >= 11 is 0. The predicted molar refractivity (Wildman–Crippen MR) is 120 cm³/mol. The zero-order valence-electron chi connectivity index (χ0n) is 18.2. The SMILES string of the molecule is CC1CCCN(c2ccc(C(=O)OC(C)C(=O)Nc3ccccc3[N+](=O)[O-])cc2[N+](=O)[O-])C1. The molecule has 2 aromatic carbocycles. The van der Waals surface area contributed by atoms with Gasteiger partial charge in [0.1, 0.15) is 11.4 Å². The van der Waals surface area contributed by atoms with Gasteiger partial charge in [-0.05, 0) is 43.9 Å². The summed E-state index contributed by atoms with van der Waals surface area (Å²) < 4.78 is 5.15. The van der Waals surface area contributed by atoms with Crippen molar-refractivity contribution < 1.29 is 24.2 Å². The summed E-state index contributed by atoms with van der Waals surface area (Å²) in [6.45, 7) is 4.77. The van der Waals surface area contributed by atoms with E-state index in [9.17, 15) is 29.8 Å². The maximum atomic E-state index is 12.6. The number of carbonyl (C=O) groups excluding carboxylic acids is 2. The molecule has 33 heavy (non-hydrogen) atoms. The number of esters is 1. The number of anilines is 2. The molecule has 2 aromatic rings. The number of amides is 1. The molecule has 1 aliphatic rings. The van der Waals surface area contributed by atoms with Crippen molar-refractivity contribution in [2.45, 2.75) is 32.8 Å². The van der Waals surface area contributed by atoms with Crippen LogP contribution in [0.3, 0.4) is 0 Å². The van der Waals surface area contributed by atoms with Gasteiger partial charge in [-0.3, -0.25) is 25.0 Å². The van der Waals surface area contributed by atoms with Crippen molar-refractivity contribution in [1.82, 2.24) is 0 Å². The first-order valence-electron chi connectivity index (χ1n) is 10.5. The Labute approximate surface area is 189 Å². The van der Waals surface area contributed by atoms with E-state index in [1.807, 2.05) is 4.90 Å². The van der Waals surface area contributed by atoms with Gasteiger partial charge in [0.15, 0.2) is 6.10 Å². The molecule has 1 heterocycles. The minimum Gasteiger partial charge on any atom is -0.449 e. The Morgan fingerprint density at radius 2 is 1.82 bits per heavy atom. The Morgan fingerprint density at radius 1 is 1.12 bits per heavy atom. The fraction of sp³-hybridized carbons (Fsp3) is 0.364. The topological polar surface area (TPSA) is 145 Å². The average molecular weight is 456 g/mol. The summed E-state index contributed by atoms with van der Waals surface area (Å²) in [5.74, 6) is -1.28. The van der Waals surface area contributed by atoms with Crippen LogP contribution in [0.1, 0.15) is 37.0 Å². The second-order valence-corrected chi connectivity index (χ2v) is 7.97. The lowest BCUT2D eigenvalue weighted by molar-refractivity contribution is -0.384. The number of nitrogens with one attached hydrogen (secondary N) is 1. The number of nitro groups is 2. The standard InChI is InChI=1S/C22H24N4O7/c1-14-6-5-11-24(13-14)19-10-9-16(12-20(19)26(31)32)22(28)33-15(2)21(27)23-17-7-3-4-8-18(17)25(29)30/h3-4,7-10,12,14-15H,5-6,11,13H2,1-2H3,(H,23,27). The van der Waals surface area contributed by atoms with Crippen LogP contribution in [0.2, 0.25) is 0 Å². The third kappa shape index (κ3) is 5.62. The van der Waals surface area contributed by atoms with Crippen molar-refractivity contribution in [1.29, 1.82) is 0 Å². The zero-order valence-corrected chi connectivity index (χ0v) is 18.2. The molecule has 1 fully saturated rings. The van der Waals surface area contributed by atoms with Crippen molar-refractivity contribution in [2.24, 2.45) is 5.92 Å². The lowest BCUT2D eigenvalue weighted by Crippen LogP contribution is -2.34. The number of piperidine rings is 1. The van der Waals surface area contributed by atoms with E-state index in [2.05, 4.69) is 12.2 Å². The van der Waals surface area contributed by atoms with Crippen LogP contribution in [0.15, 0.2) is 42.5 Å². The molecule has 1 aliphatic heterocycles. The van der Waals surface area contributed by atoms with Crippen LogP contribution in [-0.4, -0.2) is 40.9 Å². The van der Waals surface area contributed by atoms with Crippen LogP contribution in [0.5, 0.6) is 0 Å². The number of hydrogen-bond donors (Lipinski definition) is 1. The zero-order chi connectivity index (χ0) is 24.1. The molecule has 0 aromatic heterocycles. The largest absolute Gasteiger partial charge is 0.449 e. The summed E-state index contributed by atoms with van der Waals surface area (Å²) in [7, 11) is 0. The maximum Gasteiger partial charge on any atom is 0.339 e. The molecule has 0 aliphatic carbocycles. The number of carbonyl (C=O) groups is 2. The van der Waals surface area contributed by atoms with Gasteiger partial charge in [-0.2, -0.15) is 0 Å². The molecular formula is C22H24N4O7. The molecule has 174 valence electrons. The normalized spacial score (nSPS) is 16.5. The number of benzene rings is 2. The number of para-hydroxylation sites is 2. The molecule has 2 atom stereocenters. The molecular weight excluding hydrogens is 432 g/mol. The summed E-state index contributed by atoms with van der Waals surface area (Å²) in [6.07, 6.45) is 0.689. The first kappa shape index (κ1) is 23.6. The van der Waals surface area contributed by atoms with Crippen molar-refractivity contribution in [2.75, 3.05) is 23.3 Å². The van der Waals surface area contributed by atoms with Crippen molar-refractivity contribution >= 4 is 34.6 Å². The van der Waals surface area contributed by atoms with E-state index in [0.29, 0.717) is 24.7 Å². The molecule has 0 radical (unpaired) electrons. The van der Waals surface area contributed by atoms with Gasteiger partial charge in [-0.25, -0.2) is 4.79 Å². The van der Waals surface area contributed by atoms with Crippen LogP contribution in [0, 0.1) is 26.1 Å². The van der Waals surface area contributed by atoms with E-state index in [1.54, 1.807) is 0 Å². The number of rotatable bonds is 7. The molecule has 11 heteroatoms. The van der Waals surface area contributed by atoms with Crippen LogP contribution < -0.4 is 10.2 Å². The molecule has 0 bridgehead atoms. The number of ether oxygens (including phenoxy) is 1. The lowest BCUT2D eigenvalue weighted by atomic mass is 9.99. The van der Waals surface area contributed by atoms with E-state index >= 15 is 0 Å². The monoisotopic (exact) mass is 456 g/mol. The summed E-state index contributed by atoms with van der Waals surface area (Å²) in [6, 6.07) is 9.65. The van der Waals surface area contributed by atoms with E-state index in [4.69, 9.17) is 4.74 Å². The highest BCUT2D eigenvalue weighted by molar-refractivity contribution is 5.99. The fourth-order valence-electron chi connectivity index (χ4n) is 3.73. The van der Waals surface area contributed by atoms with Gasteiger partial charge in [0.05, 0.1) is 15.4 Å². The highest BCUT2D eigenvalue weighted by atomic mass is 16.6.